The fraction of sp³-hybridized carbons (Fsp3) is 0.286. The first-order chi connectivity index (χ1) is 13.9. The Morgan fingerprint density at radius 1 is 1.28 bits per heavy atom. The van der Waals surface area contributed by atoms with Gasteiger partial charge in [-0.05, 0) is 37.1 Å². The Bertz CT molecular complexity index is 1090. The number of aromatic nitrogens is 1. The van der Waals surface area contributed by atoms with E-state index >= 15 is 0 Å². The molecule has 5 nitrogen and oxygen atoms in total. The molecular weight excluding hydrogens is 426 g/mol. The molecule has 1 fully saturated rings. The molecule has 8 heteroatoms. The number of thiazole rings is 1. The van der Waals surface area contributed by atoms with Gasteiger partial charge in [-0.15, -0.1) is 11.3 Å². The lowest BCUT2D eigenvalue weighted by molar-refractivity contribution is 0.315. The Balaban J connectivity index is 1.47. The van der Waals surface area contributed by atoms with Gasteiger partial charge in [-0.3, -0.25) is 4.90 Å². The van der Waals surface area contributed by atoms with Gasteiger partial charge in [0.1, 0.15) is 6.20 Å². The number of rotatable bonds is 6. The minimum absolute atomic E-state index is 0.0218. The zero-order valence-corrected chi connectivity index (χ0v) is 18.3. The Labute approximate surface area is 180 Å². The number of nitrogens with zero attached hydrogens (tertiary/aromatic N) is 2. The summed E-state index contributed by atoms with van der Waals surface area (Å²) in [7, 11) is -3.67. The maximum Gasteiger partial charge on any atom is 0.233 e. The monoisotopic (exact) mass is 446 g/mol. The zero-order valence-electron chi connectivity index (χ0n) is 15.9. The Morgan fingerprint density at radius 3 is 2.76 bits per heavy atom. The molecule has 1 aromatic heterocycles. The second kappa shape index (κ2) is 8.07. The van der Waals surface area contributed by atoms with Crippen LogP contribution in [0.25, 0.3) is 0 Å². The highest BCUT2D eigenvalue weighted by atomic mass is 35.5. The van der Waals surface area contributed by atoms with E-state index in [1.54, 1.807) is 12.1 Å². The quantitative estimate of drug-likeness (QED) is 0.603. The van der Waals surface area contributed by atoms with Crippen molar-refractivity contribution in [2.75, 3.05) is 18.4 Å². The lowest BCUT2D eigenvalue weighted by atomic mass is 10.0. The smallest absolute Gasteiger partial charge is 0.233 e. The van der Waals surface area contributed by atoms with Gasteiger partial charge in [-0.2, -0.15) is 0 Å². The minimum atomic E-state index is -3.67. The van der Waals surface area contributed by atoms with Crippen LogP contribution >= 0.6 is 22.9 Å². The van der Waals surface area contributed by atoms with Crippen molar-refractivity contribution in [2.45, 2.75) is 34.7 Å². The van der Waals surface area contributed by atoms with Gasteiger partial charge in [-0.25, -0.2) is 13.4 Å². The highest BCUT2D eigenvalue weighted by molar-refractivity contribution is 7.93. The molecule has 3 aromatic rings. The predicted molar refractivity (Wildman–Crippen MR) is 116 cm³/mol. The van der Waals surface area contributed by atoms with Crippen LogP contribution in [0.4, 0.5) is 5.69 Å². The third-order valence-electron chi connectivity index (χ3n) is 5.09. The van der Waals surface area contributed by atoms with Crippen LogP contribution < -0.4 is 5.32 Å². The second-order valence-corrected chi connectivity index (χ2v) is 10.9. The number of likely N-dealkylation sites (tertiary alicyclic amines) is 1. The first kappa shape index (κ1) is 20.3. The topological polar surface area (TPSA) is 62.3 Å². The van der Waals surface area contributed by atoms with Crippen LogP contribution in [-0.4, -0.2) is 36.9 Å². The van der Waals surface area contributed by atoms with Crippen molar-refractivity contribution in [2.24, 2.45) is 0 Å². The van der Waals surface area contributed by atoms with Gasteiger partial charge in [-0.1, -0.05) is 41.9 Å². The first-order valence-corrected chi connectivity index (χ1v) is 12.0. The minimum Gasteiger partial charge on any atom is -0.377 e. The van der Waals surface area contributed by atoms with E-state index in [2.05, 4.69) is 52.6 Å². The van der Waals surface area contributed by atoms with Crippen LogP contribution in [0.2, 0.25) is 5.02 Å². The summed E-state index contributed by atoms with van der Waals surface area (Å²) in [5, 5.41) is 5.43. The molecule has 2 heterocycles. The summed E-state index contributed by atoms with van der Waals surface area (Å²) in [6, 6.07) is 15.2. The van der Waals surface area contributed by atoms with Crippen LogP contribution in [0.3, 0.4) is 0 Å². The van der Waals surface area contributed by atoms with E-state index in [4.69, 9.17) is 11.6 Å². The van der Waals surface area contributed by atoms with Crippen LogP contribution in [0, 0.1) is 6.20 Å². The molecule has 29 heavy (non-hydrogen) atoms. The maximum absolute atomic E-state index is 12.6. The molecule has 0 amide bonds. The summed E-state index contributed by atoms with van der Waals surface area (Å²) in [6.07, 6.45) is 3.52. The highest BCUT2D eigenvalue weighted by Gasteiger charge is 2.34. The highest BCUT2D eigenvalue weighted by Crippen LogP contribution is 2.33. The van der Waals surface area contributed by atoms with Crippen LogP contribution in [-0.2, 0) is 16.4 Å². The molecule has 4 rings (SSSR count). The number of benzene rings is 2. The molecular formula is C21H21ClN3O2S2. The molecule has 0 saturated carbocycles. The molecule has 0 spiro atoms. The number of halogens is 1. The number of hydrogen-bond acceptors (Lipinski definition) is 6. The summed E-state index contributed by atoms with van der Waals surface area (Å²) >= 11 is 7.48. The number of hydrogen-bond donors (Lipinski definition) is 1. The molecule has 1 N–H and O–H groups in total. The third-order valence-corrected chi connectivity index (χ3v) is 8.29. The lowest BCUT2D eigenvalue weighted by Crippen LogP contribution is -2.38. The molecule has 0 aliphatic carbocycles. The van der Waals surface area contributed by atoms with Gasteiger partial charge in [0.15, 0.2) is 0 Å². The van der Waals surface area contributed by atoms with Crippen LogP contribution in [0.15, 0.2) is 63.1 Å². The largest absolute Gasteiger partial charge is 0.377 e. The first-order valence-electron chi connectivity index (χ1n) is 9.26. The van der Waals surface area contributed by atoms with Crippen molar-refractivity contribution in [1.82, 2.24) is 9.88 Å². The van der Waals surface area contributed by atoms with E-state index in [-0.39, 0.29) is 14.8 Å². The van der Waals surface area contributed by atoms with Gasteiger partial charge in [0.05, 0.1) is 15.6 Å². The summed E-state index contributed by atoms with van der Waals surface area (Å²) in [5.74, 6) is 0. The molecule has 1 radical (unpaired) electrons. The van der Waals surface area contributed by atoms with E-state index in [1.807, 2.05) is 6.07 Å². The number of anilines is 1. The van der Waals surface area contributed by atoms with Crippen molar-refractivity contribution in [3.8, 4) is 0 Å². The summed E-state index contributed by atoms with van der Waals surface area (Å²) in [6.45, 7) is 4.95. The van der Waals surface area contributed by atoms with E-state index in [1.165, 1.54) is 17.0 Å². The van der Waals surface area contributed by atoms with Gasteiger partial charge in [0.2, 0.25) is 14.2 Å². The van der Waals surface area contributed by atoms with E-state index in [0.717, 1.165) is 43.1 Å². The number of nitrogens with one attached hydrogen (secondary N) is 1. The van der Waals surface area contributed by atoms with Crippen molar-refractivity contribution in [3.63, 3.8) is 0 Å². The summed E-state index contributed by atoms with van der Waals surface area (Å²) in [5.41, 5.74) is 1.90. The zero-order chi connectivity index (χ0) is 20.5. The Hall–Kier alpha value is -1.93. The third kappa shape index (κ3) is 4.48. The molecule has 1 aliphatic heterocycles. The van der Waals surface area contributed by atoms with Gasteiger partial charge < -0.3 is 5.32 Å². The SMILES string of the molecule is C[C@@]1(Nc2ccc(S(=O)(=O)c3n[c]cs3)cc2Cl)CCN(Cc2ccccc2)C1. The van der Waals surface area contributed by atoms with Crippen molar-refractivity contribution >= 4 is 38.5 Å². The lowest BCUT2D eigenvalue weighted by Gasteiger charge is -2.28. The number of sulfone groups is 1. The van der Waals surface area contributed by atoms with Crippen molar-refractivity contribution in [1.29, 1.82) is 0 Å². The van der Waals surface area contributed by atoms with Gasteiger partial charge in [0.25, 0.3) is 0 Å². The summed E-state index contributed by atoms with van der Waals surface area (Å²) < 4.78 is 25.3. The predicted octanol–water partition coefficient (Wildman–Crippen LogP) is 4.51. The average molecular weight is 447 g/mol. The van der Waals surface area contributed by atoms with Crippen LogP contribution in [0.1, 0.15) is 18.9 Å². The molecule has 0 bridgehead atoms. The second-order valence-electron chi connectivity index (χ2n) is 7.52. The van der Waals surface area contributed by atoms with E-state index in [9.17, 15) is 8.42 Å². The molecule has 151 valence electrons. The molecule has 1 atom stereocenters. The van der Waals surface area contributed by atoms with Crippen molar-refractivity contribution in [3.05, 3.63) is 70.7 Å². The Morgan fingerprint density at radius 2 is 2.07 bits per heavy atom. The molecule has 0 unspecified atom stereocenters. The average Bonchev–Trinajstić information content (AvgIpc) is 3.35. The van der Waals surface area contributed by atoms with Gasteiger partial charge >= 0.3 is 0 Å². The molecule has 2 aromatic carbocycles. The Kier molecular flexibility index (Phi) is 5.66. The molecule has 1 aliphatic rings. The van der Waals surface area contributed by atoms with E-state index in [0.29, 0.717) is 5.02 Å². The van der Waals surface area contributed by atoms with Crippen LogP contribution in [0.5, 0.6) is 0 Å². The van der Waals surface area contributed by atoms with Gasteiger partial charge in [0, 0.05) is 30.6 Å². The fourth-order valence-corrected chi connectivity index (χ4v) is 6.07. The summed E-state index contributed by atoms with van der Waals surface area (Å²) in [4.78, 5) is 6.34. The standard InChI is InChI=1S/C21H21ClN3O2S2/c1-21(9-11-25(15-21)14-16-5-3-2-4-6-16)24-19-8-7-17(13-18(19)22)29(26,27)20-23-10-12-28-20/h2-8,12-13,24H,9,11,14-15H2,1H3/t21-/m1/s1. The van der Waals surface area contributed by atoms with E-state index < -0.39 is 9.84 Å². The fourth-order valence-electron chi connectivity index (χ4n) is 3.63. The maximum atomic E-state index is 12.6. The van der Waals surface area contributed by atoms with Crippen molar-refractivity contribution < 1.29 is 8.42 Å². The molecule has 1 saturated heterocycles. The normalized spacial score (nSPS) is 20.1.